The van der Waals surface area contributed by atoms with Gasteiger partial charge in [-0.25, -0.2) is 5.43 Å². The summed E-state index contributed by atoms with van der Waals surface area (Å²) in [5, 5.41) is 4.04. The molecule has 0 saturated heterocycles. The molecule has 1 aromatic heterocycles. The molecule has 0 fully saturated rings. The van der Waals surface area contributed by atoms with Crippen LogP contribution in [-0.2, 0) is 4.79 Å². The van der Waals surface area contributed by atoms with Gasteiger partial charge in [0.05, 0.1) is 14.9 Å². The molecule has 1 amide bonds. The molecule has 2 rings (SSSR count). The lowest BCUT2D eigenvalue weighted by Crippen LogP contribution is -2.25. The minimum absolute atomic E-state index is 0.0785. The number of hydrogen-bond acceptors (Lipinski definition) is 4. The average molecular weight is 337 g/mol. The van der Waals surface area contributed by atoms with Gasteiger partial charge in [0.15, 0.2) is 6.61 Å². The van der Waals surface area contributed by atoms with Crippen LogP contribution in [0.5, 0.6) is 5.75 Å². The molecular weight excluding hydrogens is 320 g/mol. The van der Waals surface area contributed by atoms with E-state index < -0.39 is 0 Å². The van der Waals surface area contributed by atoms with Gasteiger partial charge in [0.25, 0.3) is 5.91 Å². The van der Waals surface area contributed by atoms with Gasteiger partial charge >= 0.3 is 0 Å². The largest absolute Gasteiger partial charge is 0.484 e. The van der Waals surface area contributed by atoms with Crippen molar-refractivity contribution < 1.29 is 9.53 Å². The number of benzene rings is 1. The lowest BCUT2D eigenvalue weighted by atomic mass is 10.1. The van der Waals surface area contributed by atoms with Crippen molar-refractivity contribution in [1.29, 1.82) is 0 Å². The number of carbonyl (C=O) groups excluding carboxylic acids is 1. The van der Waals surface area contributed by atoms with Crippen LogP contribution in [-0.4, -0.2) is 18.2 Å². The lowest BCUT2D eigenvalue weighted by molar-refractivity contribution is -0.123. The Morgan fingerprint density at radius 1 is 1.27 bits per heavy atom. The summed E-state index contributed by atoms with van der Waals surface area (Å²) in [6, 6.07) is 9.49. The molecule has 22 heavy (non-hydrogen) atoms. The standard InChI is InChI=1S/C16H17ClN2O2S/c1-10-6-11(2)8-13(7-10)21-9-16(20)19-18-12(3)14-4-5-15(17)22-14/h4-8H,9H2,1-3H3,(H,19,20)/b18-12+. The number of aryl methyl sites for hydroxylation is 2. The van der Waals surface area contributed by atoms with E-state index in [1.807, 2.05) is 45.0 Å². The monoisotopic (exact) mass is 336 g/mol. The summed E-state index contributed by atoms with van der Waals surface area (Å²) in [6.45, 7) is 5.71. The Morgan fingerprint density at radius 3 is 2.55 bits per heavy atom. The SMILES string of the molecule is C/C(=N\NC(=O)COc1cc(C)cc(C)c1)c1ccc(Cl)s1. The minimum Gasteiger partial charge on any atom is -0.484 e. The normalized spacial score (nSPS) is 11.4. The number of hydrazone groups is 1. The summed E-state index contributed by atoms with van der Waals surface area (Å²) in [5.74, 6) is 0.375. The maximum Gasteiger partial charge on any atom is 0.277 e. The maximum absolute atomic E-state index is 11.8. The van der Waals surface area contributed by atoms with Crippen LogP contribution in [0.1, 0.15) is 22.9 Å². The van der Waals surface area contributed by atoms with Crippen LogP contribution in [0.15, 0.2) is 35.4 Å². The van der Waals surface area contributed by atoms with Crippen LogP contribution in [0.2, 0.25) is 4.34 Å². The third kappa shape index (κ3) is 4.86. The fraction of sp³-hybridized carbons (Fsp3) is 0.250. The van der Waals surface area contributed by atoms with Crippen molar-refractivity contribution in [2.24, 2.45) is 5.10 Å². The fourth-order valence-electron chi connectivity index (χ4n) is 1.91. The Kier molecular flexibility index (Phi) is 5.57. The summed E-state index contributed by atoms with van der Waals surface area (Å²) in [5.41, 5.74) is 5.37. The van der Waals surface area contributed by atoms with Gasteiger partial charge in [0.2, 0.25) is 0 Å². The molecule has 1 aromatic carbocycles. The van der Waals surface area contributed by atoms with Gasteiger partial charge in [-0.15, -0.1) is 11.3 Å². The number of halogens is 1. The van der Waals surface area contributed by atoms with Gasteiger partial charge in [-0.05, 0) is 56.2 Å². The Hall–Kier alpha value is -1.85. The summed E-state index contributed by atoms with van der Waals surface area (Å²) < 4.78 is 6.16. The molecule has 0 aliphatic rings. The van der Waals surface area contributed by atoms with E-state index in [-0.39, 0.29) is 12.5 Å². The number of ether oxygens (including phenoxy) is 1. The zero-order valence-corrected chi connectivity index (χ0v) is 14.2. The Balaban J connectivity index is 1.87. The minimum atomic E-state index is -0.304. The van der Waals surface area contributed by atoms with Crippen LogP contribution in [0.3, 0.4) is 0 Å². The highest BCUT2D eigenvalue weighted by molar-refractivity contribution is 7.18. The molecule has 0 unspecified atom stereocenters. The van der Waals surface area contributed by atoms with E-state index in [9.17, 15) is 4.79 Å². The number of nitrogens with one attached hydrogen (secondary N) is 1. The van der Waals surface area contributed by atoms with Crippen LogP contribution in [0.25, 0.3) is 0 Å². The van der Waals surface area contributed by atoms with E-state index >= 15 is 0 Å². The smallest absolute Gasteiger partial charge is 0.277 e. The van der Waals surface area contributed by atoms with Crippen LogP contribution >= 0.6 is 22.9 Å². The number of nitrogens with zero attached hydrogens (tertiary/aromatic N) is 1. The molecule has 1 heterocycles. The summed E-state index contributed by atoms with van der Waals surface area (Å²) in [6.07, 6.45) is 0. The third-order valence-corrected chi connectivity index (χ3v) is 4.18. The molecule has 0 radical (unpaired) electrons. The van der Waals surface area contributed by atoms with Gasteiger partial charge in [-0.1, -0.05) is 17.7 Å². The van der Waals surface area contributed by atoms with Gasteiger partial charge in [-0.2, -0.15) is 5.10 Å². The molecule has 4 nitrogen and oxygen atoms in total. The molecule has 0 bridgehead atoms. The number of thiophene rings is 1. The fourth-order valence-corrected chi connectivity index (χ4v) is 2.90. The second kappa shape index (κ2) is 7.42. The zero-order valence-electron chi connectivity index (χ0n) is 12.6. The van der Waals surface area contributed by atoms with E-state index in [4.69, 9.17) is 16.3 Å². The molecule has 2 aromatic rings. The molecular formula is C16H17ClN2O2S. The third-order valence-electron chi connectivity index (χ3n) is 2.84. The van der Waals surface area contributed by atoms with E-state index in [0.29, 0.717) is 15.8 Å². The second-order valence-electron chi connectivity index (χ2n) is 4.95. The first-order chi connectivity index (χ1) is 10.4. The molecule has 0 spiro atoms. The average Bonchev–Trinajstić information content (AvgIpc) is 2.88. The van der Waals surface area contributed by atoms with Crippen molar-refractivity contribution in [3.05, 3.63) is 50.7 Å². The van der Waals surface area contributed by atoms with Crippen molar-refractivity contribution in [3.63, 3.8) is 0 Å². The maximum atomic E-state index is 11.8. The Labute approximate surface area is 138 Å². The molecule has 0 aliphatic carbocycles. The number of rotatable bonds is 5. The molecule has 0 saturated carbocycles. The number of amides is 1. The topological polar surface area (TPSA) is 50.7 Å². The van der Waals surface area contributed by atoms with Crippen LogP contribution in [0, 0.1) is 13.8 Å². The molecule has 0 aliphatic heterocycles. The van der Waals surface area contributed by atoms with E-state index in [0.717, 1.165) is 16.0 Å². The van der Waals surface area contributed by atoms with Gasteiger partial charge in [0.1, 0.15) is 5.75 Å². The second-order valence-corrected chi connectivity index (χ2v) is 6.66. The number of carbonyl (C=O) groups is 1. The first kappa shape index (κ1) is 16.5. The van der Waals surface area contributed by atoms with Crippen molar-refractivity contribution in [2.75, 3.05) is 6.61 Å². The van der Waals surface area contributed by atoms with Crippen LogP contribution in [0.4, 0.5) is 0 Å². The first-order valence-electron chi connectivity index (χ1n) is 6.74. The predicted octanol–water partition coefficient (Wildman–Crippen LogP) is 3.94. The van der Waals surface area contributed by atoms with Crippen molar-refractivity contribution in [2.45, 2.75) is 20.8 Å². The van der Waals surface area contributed by atoms with Crippen molar-refractivity contribution >= 4 is 34.6 Å². The van der Waals surface area contributed by atoms with E-state index in [1.54, 1.807) is 6.07 Å². The van der Waals surface area contributed by atoms with Gasteiger partial charge in [0, 0.05) is 0 Å². The highest BCUT2D eigenvalue weighted by Crippen LogP contribution is 2.21. The lowest BCUT2D eigenvalue weighted by Gasteiger charge is -2.07. The van der Waals surface area contributed by atoms with Gasteiger partial charge < -0.3 is 4.74 Å². The predicted molar refractivity (Wildman–Crippen MR) is 91.1 cm³/mol. The quantitative estimate of drug-likeness (QED) is 0.664. The molecule has 6 heteroatoms. The number of hydrogen-bond donors (Lipinski definition) is 1. The molecule has 1 N–H and O–H groups in total. The summed E-state index contributed by atoms with van der Waals surface area (Å²) in [4.78, 5) is 12.7. The highest BCUT2D eigenvalue weighted by Gasteiger charge is 2.05. The molecule has 0 atom stereocenters. The Bertz CT molecular complexity index is 690. The molecule has 116 valence electrons. The van der Waals surface area contributed by atoms with Crippen molar-refractivity contribution in [3.8, 4) is 5.75 Å². The van der Waals surface area contributed by atoms with Gasteiger partial charge in [-0.3, -0.25) is 4.79 Å². The zero-order chi connectivity index (χ0) is 16.1. The van der Waals surface area contributed by atoms with E-state index in [1.165, 1.54) is 11.3 Å². The first-order valence-corrected chi connectivity index (χ1v) is 7.93. The highest BCUT2D eigenvalue weighted by atomic mass is 35.5. The van der Waals surface area contributed by atoms with Crippen LogP contribution < -0.4 is 10.2 Å². The summed E-state index contributed by atoms with van der Waals surface area (Å²) in [7, 11) is 0. The van der Waals surface area contributed by atoms with E-state index in [2.05, 4.69) is 10.5 Å². The van der Waals surface area contributed by atoms with Crippen molar-refractivity contribution in [1.82, 2.24) is 5.43 Å². The Morgan fingerprint density at radius 2 is 1.95 bits per heavy atom. The summed E-state index contributed by atoms with van der Waals surface area (Å²) >= 11 is 7.28.